The van der Waals surface area contributed by atoms with E-state index in [1.54, 1.807) is 18.2 Å². The van der Waals surface area contributed by atoms with Gasteiger partial charge < -0.3 is 10.5 Å². The first-order chi connectivity index (χ1) is 17.7. The Labute approximate surface area is 224 Å². The number of esters is 1. The number of ether oxygens (including phenoxy) is 1. The van der Waals surface area contributed by atoms with Crippen molar-refractivity contribution in [2.45, 2.75) is 25.3 Å². The van der Waals surface area contributed by atoms with Gasteiger partial charge in [0, 0.05) is 25.7 Å². The Kier molecular flexibility index (Phi) is 8.48. The van der Waals surface area contributed by atoms with Crippen molar-refractivity contribution < 1.29 is 22.7 Å². The van der Waals surface area contributed by atoms with Crippen molar-refractivity contribution in [3.8, 4) is 0 Å². The van der Waals surface area contributed by atoms with Crippen LogP contribution >= 0.6 is 11.6 Å². The lowest BCUT2D eigenvalue weighted by Crippen LogP contribution is -2.43. The Morgan fingerprint density at radius 1 is 1.11 bits per heavy atom. The van der Waals surface area contributed by atoms with E-state index in [9.17, 15) is 27.6 Å². The average Bonchev–Trinajstić information content (AvgIpc) is 2.88. The van der Waals surface area contributed by atoms with Crippen LogP contribution in [0.2, 0.25) is 5.02 Å². The van der Waals surface area contributed by atoms with Gasteiger partial charge in [-0.05, 0) is 42.3 Å². The number of benzene rings is 2. The molecule has 2 aromatic carbocycles. The maximum atomic E-state index is 13.1. The van der Waals surface area contributed by atoms with Crippen molar-refractivity contribution in [2.75, 3.05) is 23.7 Å². The number of nitrogens with zero attached hydrogens (tertiary/aromatic N) is 3. The topological polar surface area (TPSA) is 151 Å². The molecule has 0 fully saturated rings. The maximum Gasteiger partial charge on any atom is 0.338 e. The third kappa shape index (κ3) is 5.81. The van der Waals surface area contributed by atoms with Gasteiger partial charge in [-0.2, -0.15) is 0 Å². The minimum absolute atomic E-state index is 0.00485. The molecule has 11 nitrogen and oxygen atoms in total. The number of aromatic nitrogens is 2. The van der Waals surface area contributed by atoms with Gasteiger partial charge in [-0.25, -0.2) is 18.0 Å². The Balaban J connectivity index is 1.84. The van der Waals surface area contributed by atoms with Crippen LogP contribution in [0.5, 0.6) is 0 Å². The first kappa shape index (κ1) is 28.7. The summed E-state index contributed by atoms with van der Waals surface area (Å²) in [5.74, 6) is -2.22. The van der Waals surface area contributed by atoms with E-state index in [-0.39, 0.29) is 28.7 Å². The summed E-state index contributed by atoms with van der Waals surface area (Å²) in [6, 6.07) is 11.3. The van der Waals surface area contributed by atoms with Crippen molar-refractivity contribution >= 4 is 44.9 Å². The second-order valence-electron chi connectivity index (χ2n) is 8.89. The number of hydrogen-bond acceptors (Lipinski definition) is 8. The van der Waals surface area contributed by atoms with Crippen LogP contribution in [0.25, 0.3) is 0 Å². The van der Waals surface area contributed by atoms with E-state index >= 15 is 0 Å². The summed E-state index contributed by atoms with van der Waals surface area (Å²) < 4.78 is 34.2. The number of ketones is 1. The molecular weight excluding hydrogens is 536 g/mol. The van der Waals surface area contributed by atoms with Gasteiger partial charge in [-0.1, -0.05) is 37.6 Å². The third-order valence-electron chi connectivity index (χ3n) is 5.64. The molecule has 0 radical (unpaired) electrons. The van der Waals surface area contributed by atoms with E-state index in [1.807, 2.05) is 13.8 Å². The summed E-state index contributed by atoms with van der Waals surface area (Å²) in [4.78, 5) is 50.3. The summed E-state index contributed by atoms with van der Waals surface area (Å²) in [6.07, 6.45) is 0. The Hall–Kier alpha value is -3.90. The first-order valence-corrected chi connectivity index (χ1v) is 13.2. The van der Waals surface area contributed by atoms with Gasteiger partial charge >= 0.3 is 11.7 Å². The van der Waals surface area contributed by atoms with E-state index in [1.165, 1.54) is 38.4 Å². The predicted molar refractivity (Wildman–Crippen MR) is 143 cm³/mol. The third-order valence-corrected chi connectivity index (χ3v) is 7.66. The largest absolute Gasteiger partial charge is 0.454 e. The van der Waals surface area contributed by atoms with Gasteiger partial charge in [0.05, 0.1) is 16.1 Å². The minimum atomic E-state index is -4.07. The van der Waals surface area contributed by atoms with Gasteiger partial charge in [0.2, 0.25) is 5.78 Å². The Morgan fingerprint density at radius 3 is 2.39 bits per heavy atom. The molecule has 0 aliphatic rings. The number of carbonyl (C=O) groups is 2. The number of carbonyl (C=O) groups excluding carboxylic acids is 2. The zero-order valence-corrected chi connectivity index (χ0v) is 22.7. The summed E-state index contributed by atoms with van der Waals surface area (Å²) in [5.41, 5.74) is 4.11. The highest BCUT2D eigenvalue weighted by Gasteiger charge is 2.25. The minimum Gasteiger partial charge on any atom is -0.454 e. The van der Waals surface area contributed by atoms with Crippen LogP contribution in [0, 0.1) is 5.92 Å². The molecule has 0 unspecified atom stereocenters. The number of Topliss-reactive ketones (excluding diaryl/α,β-unsaturated/α-hetero) is 1. The number of sulfonamides is 1. The fraction of sp³-hybridized carbons (Fsp3) is 0.280. The molecule has 3 aromatic rings. The Bertz CT molecular complexity index is 1630. The number of nitrogen functional groups attached to an aromatic ring is 1. The molecule has 3 rings (SSSR count). The van der Waals surface area contributed by atoms with Crippen LogP contribution < -0.4 is 21.3 Å². The molecule has 13 heteroatoms. The standard InChI is InChI=1S/C25H27ClN4O7S/c1-15(2)13-30-22(27)21(23(32)28(3)25(30)34)20(31)14-37-24(33)16-7-5-10-19(11-16)38(35,36)29(4)18-9-6-8-17(26)12-18/h5-12,15H,13-14,27H2,1-4H3. The molecule has 0 spiro atoms. The molecule has 0 atom stereocenters. The van der Waals surface area contributed by atoms with Crippen LogP contribution in [0.15, 0.2) is 63.0 Å². The van der Waals surface area contributed by atoms with Crippen LogP contribution in [-0.2, 0) is 28.4 Å². The molecule has 1 heterocycles. The molecule has 0 bridgehead atoms. The predicted octanol–water partition coefficient (Wildman–Crippen LogP) is 2.30. The monoisotopic (exact) mass is 562 g/mol. The highest BCUT2D eigenvalue weighted by molar-refractivity contribution is 7.92. The van der Waals surface area contributed by atoms with E-state index in [2.05, 4.69) is 0 Å². The molecule has 0 aliphatic carbocycles. The van der Waals surface area contributed by atoms with Crippen LogP contribution in [-0.4, -0.2) is 43.0 Å². The molecule has 38 heavy (non-hydrogen) atoms. The number of nitrogens with two attached hydrogens (primary N) is 1. The van der Waals surface area contributed by atoms with E-state index in [4.69, 9.17) is 22.1 Å². The van der Waals surface area contributed by atoms with Crippen molar-refractivity contribution in [2.24, 2.45) is 13.0 Å². The SMILES string of the molecule is CC(C)Cn1c(N)c(C(=O)COC(=O)c2cccc(S(=O)(=O)N(C)c3cccc(Cl)c3)c2)c(=O)n(C)c1=O. The van der Waals surface area contributed by atoms with Gasteiger partial charge in [-0.15, -0.1) is 0 Å². The molecule has 1 aromatic heterocycles. The van der Waals surface area contributed by atoms with Gasteiger partial charge in [0.25, 0.3) is 15.6 Å². The summed E-state index contributed by atoms with van der Waals surface area (Å²) in [7, 11) is -1.51. The van der Waals surface area contributed by atoms with E-state index in [0.717, 1.165) is 19.5 Å². The van der Waals surface area contributed by atoms with Crippen molar-refractivity contribution in [1.29, 1.82) is 0 Å². The van der Waals surface area contributed by atoms with Crippen LogP contribution in [0.3, 0.4) is 0 Å². The highest BCUT2D eigenvalue weighted by Crippen LogP contribution is 2.25. The lowest BCUT2D eigenvalue weighted by atomic mass is 10.1. The fourth-order valence-electron chi connectivity index (χ4n) is 3.63. The van der Waals surface area contributed by atoms with Gasteiger partial charge in [0.1, 0.15) is 11.4 Å². The highest BCUT2D eigenvalue weighted by atomic mass is 35.5. The summed E-state index contributed by atoms with van der Waals surface area (Å²) >= 11 is 5.97. The molecule has 0 saturated carbocycles. The second kappa shape index (κ2) is 11.2. The number of halogens is 1. The molecule has 202 valence electrons. The lowest BCUT2D eigenvalue weighted by molar-refractivity contribution is 0.0474. The smallest absolute Gasteiger partial charge is 0.338 e. The zero-order chi connectivity index (χ0) is 28.4. The normalized spacial score (nSPS) is 11.4. The summed E-state index contributed by atoms with van der Waals surface area (Å²) in [5, 5.41) is 0.349. The van der Waals surface area contributed by atoms with Gasteiger partial charge in [0.15, 0.2) is 6.61 Å². The number of anilines is 2. The van der Waals surface area contributed by atoms with E-state index in [0.29, 0.717) is 10.7 Å². The van der Waals surface area contributed by atoms with Crippen molar-refractivity contribution in [3.05, 3.63) is 85.5 Å². The van der Waals surface area contributed by atoms with Gasteiger partial charge in [-0.3, -0.25) is 23.0 Å². The molecular formula is C25H27ClN4O7S. The molecule has 0 aliphatic heterocycles. The summed E-state index contributed by atoms with van der Waals surface area (Å²) in [6.45, 7) is 2.99. The molecule has 0 saturated heterocycles. The fourth-order valence-corrected chi connectivity index (χ4v) is 5.04. The number of rotatable bonds is 9. The molecule has 0 amide bonds. The maximum absolute atomic E-state index is 13.1. The first-order valence-electron chi connectivity index (χ1n) is 11.4. The zero-order valence-electron chi connectivity index (χ0n) is 21.2. The van der Waals surface area contributed by atoms with Crippen molar-refractivity contribution in [1.82, 2.24) is 9.13 Å². The average molecular weight is 563 g/mol. The van der Waals surface area contributed by atoms with Crippen molar-refractivity contribution in [3.63, 3.8) is 0 Å². The second-order valence-corrected chi connectivity index (χ2v) is 11.3. The Morgan fingerprint density at radius 2 is 1.76 bits per heavy atom. The quantitative estimate of drug-likeness (QED) is 0.308. The van der Waals surface area contributed by atoms with Crippen LogP contribution in [0.4, 0.5) is 11.5 Å². The lowest BCUT2D eigenvalue weighted by Gasteiger charge is -2.20. The van der Waals surface area contributed by atoms with E-state index < -0.39 is 45.2 Å². The number of hydrogen-bond donors (Lipinski definition) is 1. The molecule has 2 N–H and O–H groups in total. The van der Waals surface area contributed by atoms with Crippen LogP contribution in [0.1, 0.15) is 34.6 Å².